The van der Waals surface area contributed by atoms with Crippen LogP contribution in [0.5, 0.6) is 0 Å². The van der Waals surface area contributed by atoms with Crippen molar-refractivity contribution in [3.63, 3.8) is 0 Å². The third-order valence-corrected chi connectivity index (χ3v) is 2.73. The van der Waals surface area contributed by atoms with Crippen molar-refractivity contribution < 1.29 is 5.11 Å². The van der Waals surface area contributed by atoms with Gasteiger partial charge in [0.15, 0.2) is 0 Å². The van der Waals surface area contributed by atoms with Crippen molar-refractivity contribution in [1.82, 2.24) is 4.90 Å². The maximum atomic E-state index is 10.0. The van der Waals surface area contributed by atoms with Crippen LogP contribution < -0.4 is 5.73 Å². The first-order valence-electron chi connectivity index (χ1n) is 5.65. The molecule has 3 nitrogen and oxygen atoms in total. The van der Waals surface area contributed by atoms with Gasteiger partial charge in [-0.05, 0) is 39.5 Å². The predicted octanol–water partition coefficient (Wildman–Crippen LogP) is 1.31. The maximum Gasteiger partial charge on any atom is 0.0941 e. The lowest BCUT2D eigenvalue weighted by Gasteiger charge is -2.21. The highest BCUT2D eigenvalue weighted by molar-refractivity contribution is 5.23. The van der Waals surface area contributed by atoms with Crippen molar-refractivity contribution in [2.45, 2.75) is 25.5 Å². The van der Waals surface area contributed by atoms with Gasteiger partial charge in [0.2, 0.25) is 0 Å². The van der Waals surface area contributed by atoms with Crippen LogP contribution >= 0.6 is 0 Å². The molecular formula is C13H22N2O. The average Bonchev–Trinajstić information content (AvgIpc) is 2.26. The molecule has 2 unspecified atom stereocenters. The number of aliphatic hydroxyl groups is 1. The van der Waals surface area contributed by atoms with E-state index in [0.29, 0.717) is 0 Å². The number of aryl methyl sites for hydroxylation is 1. The second kappa shape index (κ2) is 5.99. The largest absolute Gasteiger partial charge is 0.387 e. The summed E-state index contributed by atoms with van der Waals surface area (Å²) in [6.45, 7) is 2.92. The van der Waals surface area contributed by atoms with Crippen LogP contribution in [0.1, 0.15) is 23.7 Å². The van der Waals surface area contributed by atoms with Gasteiger partial charge in [0, 0.05) is 6.04 Å². The molecule has 2 atom stereocenters. The molecular weight excluding hydrogens is 200 g/mol. The number of nitrogens with two attached hydrogens (primary N) is 1. The summed E-state index contributed by atoms with van der Waals surface area (Å²) in [7, 11) is 4.01. The van der Waals surface area contributed by atoms with Crippen molar-refractivity contribution in [1.29, 1.82) is 0 Å². The van der Waals surface area contributed by atoms with Gasteiger partial charge in [0.05, 0.1) is 6.10 Å². The van der Waals surface area contributed by atoms with Crippen LogP contribution in [0.3, 0.4) is 0 Å². The third-order valence-electron chi connectivity index (χ3n) is 2.73. The molecule has 0 saturated heterocycles. The Morgan fingerprint density at radius 1 is 1.25 bits per heavy atom. The lowest BCUT2D eigenvalue weighted by Crippen LogP contribution is -2.32. The minimum Gasteiger partial charge on any atom is -0.387 e. The van der Waals surface area contributed by atoms with Crippen LogP contribution in [0.4, 0.5) is 0 Å². The van der Waals surface area contributed by atoms with Crippen molar-refractivity contribution in [2.75, 3.05) is 20.6 Å². The Morgan fingerprint density at radius 2 is 1.81 bits per heavy atom. The normalized spacial score (nSPS) is 15.1. The molecule has 1 aromatic rings. The van der Waals surface area contributed by atoms with Crippen molar-refractivity contribution >= 4 is 0 Å². The van der Waals surface area contributed by atoms with Crippen LogP contribution in [0.15, 0.2) is 24.3 Å². The van der Waals surface area contributed by atoms with E-state index < -0.39 is 6.10 Å². The van der Waals surface area contributed by atoms with E-state index in [1.165, 1.54) is 5.56 Å². The number of benzene rings is 1. The number of aliphatic hydroxyl groups excluding tert-OH is 1. The van der Waals surface area contributed by atoms with Crippen LogP contribution in [0.2, 0.25) is 0 Å². The molecule has 0 aliphatic carbocycles. The third kappa shape index (κ3) is 3.93. The van der Waals surface area contributed by atoms with Crippen molar-refractivity contribution in [3.05, 3.63) is 35.4 Å². The summed E-state index contributed by atoms with van der Waals surface area (Å²) in [5.41, 5.74) is 8.05. The molecule has 0 saturated carbocycles. The van der Waals surface area contributed by atoms with Gasteiger partial charge in [-0.2, -0.15) is 0 Å². The zero-order valence-corrected chi connectivity index (χ0v) is 10.4. The first kappa shape index (κ1) is 13.2. The summed E-state index contributed by atoms with van der Waals surface area (Å²) < 4.78 is 0. The topological polar surface area (TPSA) is 49.5 Å². The van der Waals surface area contributed by atoms with Gasteiger partial charge in [0.1, 0.15) is 0 Å². The Bertz CT molecular complexity index is 308. The Hall–Kier alpha value is -0.900. The predicted molar refractivity (Wildman–Crippen MR) is 67.3 cm³/mol. The van der Waals surface area contributed by atoms with Crippen molar-refractivity contribution in [2.24, 2.45) is 5.73 Å². The second-order valence-corrected chi connectivity index (χ2v) is 4.61. The summed E-state index contributed by atoms with van der Waals surface area (Å²) in [5, 5.41) is 10.0. The fourth-order valence-electron chi connectivity index (χ4n) is 1.58. The summed E-state index contributed by atoms with van der Waals surface area (Å²) >= 11 is 0. The molecule has 0 aliphatic rings. The minimum atomic E-state index is -0.569. The number of rotatable bonds is 5. The zero-order chi connectivity index (χ0) is 12.1. The monoisotopic (exact) mass is 222 g/mol. The van der Waals surface area contributed by atoms with Gasteiger partial charge >= 0.3 is 0 Å². The molecule has 16 heavy (non-hydrogen) atoms. The highest BCUT2D eigenvalue weighted by Gasteiger charge is 2.16. The molecule has 90 valence electrons. The molecule has 3 heteroatoms. The Balaban J connectivity index is 2.56. The molecule has 1 aromatic carbocycles. The van der Waals surface area contributed by atoms with Crippen LogP contribution in [-0.4, -0.2) is 36.7 Å². The van der Waals surface area contributed by atoms with Gasteiger partial charge in [0.25, 0.3) is 0 Å². The summed E-state index contributed by atoms with van der Waals surface area (Å²) in [6, 6.07) is 7.67. The first-order chi connectivity index (χ1) is 7.50. The first-order valence-corrected chi connectivity index (χ1v) is 5.65. The fourth-order valence-corrected chi connectivity index (χ4v) is 1.58. The van der Waals surface area contributed by atoms with E-state index in [0.717, 1.165) is 18.5 Å². The fraction of sp³-hybridized carbons (Fsp3) is 0.538. The molecule has 0 spiro atoms. The molecule has 0 bridgehead atoms. The van der Waals surface area contributed by atoms with Gasteiger partial charge in [-0.1, -0.05) is 29.8 Å². The van der Waals surface area contributed by atoms with Gasteiger partial charge in [-0.15, -0.1) is 0 Å². The van der Waals surface area contributed by atoms with Crippen LogP contribution in [0, 0.1) is 6.92 Å². The lowest BCUT2D eigenvalue weighted by molar-refractivity contribution is 0.137. The van der Waals surface area contributed by atoms with E-state index in [2.05, 4.69) is 4.90 Å². The molecule has 1 rings (SSSR count). The molecule has 0 amide bonds. The van der Waals surface area contributed by atoms with E-state index in [-0.39, 0.29) is 6.04 Å². The zero-order valence-electron chi connectivity index (χ0n) is 10.4. The highest BCUT2D eigenvalue weighted by Crippen LogP contribution is 2.18. The lowest BCUT2D eigenvalue weighted by atomic mass is 9.99. The Kier molecular flexibility index (Phi) is 4.93. The van der Waals surface area contributed by atoms with E-state index >= 15 is 0 Å². The standard InChI is InChI=1S/C13H22N2O/c1-10-4-6-11(7-5-10)13(16)12(14)8-9-15(2)3/h4-7,12-13,16H,8-9,14H2,1-3H3. The Labute approximate surface area is 97.9 Å². The number of nitrogens with zero attached hydrogens (tertiary/aromatic N) is 1. The molecule has 0 aliphatic heterocycles. The quantitative estimate of drug-likeness (QED) is 0.789. The van der Waals surface area contributed by atoms with E-state index in [1.54, 1.807) is 0 Å². The van der Waals surface area contributed by atoms with Gasteiger partial charge in [-0.25, -0.2) is 0 Å². The van der Waals surface area contributed by atoms with Gasteiger partial charge in [-0.3, -0.25) is 0 Å². The molecule has 0 radical (unpaired) electrons. The van der Waals surface area contributed by atoms with E-state index in [4.69, 9.17) is 5.73 Å². The summed E-state index contributed by atoms with van der Waals surface area (Å²) in [5.74, 6) is 0. The average molecular weight is 222 g/mol. The van der Waals surface area contributed by atoms with Crippen LogP contribution in [0.25, 0.3) is 0 Å². The molecule has 0 heterocycles. The summed E-state index contributed by atoms with van der Waals surface area (Å²) in [4.78, 5) is 2.07. The maximum absolute atomic E-state index is 10.0. The smallest absolute Gasteiger partial charge is 0.0941 e. The van der Waals surface area contributed by atoms with Crippen molar-refractivity contribution in [3.8, 4) is 0 Å². The van der Waals surface area contributed by atoms with E-state index in [9.17, 15) is 5.11 Å². The number of hydrogen-bond donors (Lipinski definition) is 2. The summed E-state index contributed by atoms with van der Waals surface area (Å²) in [6.07, 6.45) is 0.225. The van der Waals surface area contributed by atoms with Crippen LogP contribution in [-0.2, 0) is 0 Å². The number of hydrogen-bond acceptors (Lipinski definition) is 3. The molecule has 3 N–H and O–H groups in total. The highest BCUT2D eigenvalue weighted by atomic mass is 16.3. The second-order valence-electron chi connectivity index (χ2n) is 4.61. The Morgan fingerprint density at radius 3 is 2.31 bits per heavy atom. The van der Waals surface area contributed by atoms with E-state index in [1.807, 2.05) is 45.3 Å². The minimum absolute atomic E-state index is 0.204. The SMILES string of the molecule is Cc1ccc(C(O)C(N)CCN(C)C)cc1. The molecule has 0 aromatic heterocycles. The van der Waals surface area contributed by atoms with Gasteiger partial charge < -0.3 is 15.7 Å². The molecule has 0 fully saturated rings.